The van der Waals surface area contributed by atoms with Crippen LogP contribution < -0.4 is 0 Å². The van der Waals surface area contributed by atoms with Crippen molar-refractivity contribution in [3.8, 4) is 0 Å². The Labute approximate surface area is 117 Å². The molecular formula is C16H28O3. The maximum atomic E-state index is 6.25. The minimum absolute atomic E-state index is 0.133. The second-order valence-corrected chi connectivity index (χ2v) is 7.81. The van der Waals surface area contributed by atoms with Crippen LogP contribution in [0.4, 0.5) is 0 Å². The molecule has 0 N–H and O–H groups in total. The van der Waals surface area contributed by atoms with E-state index in [1.54, 1.807) is 0 Å². The molecule has 1 saturated carbocycles. The molecule has 0 aromatic heterocycles. The third-order valence-electron chi connectivity index (χ3n) is 5.17. The first kappa shape index (κ1) is 13.8. The Morgan fingerprint density at radius 3 is 2.37 bits per heavy atom. The summed E-state index contributed by atoms with van der Waals surface area (Å²) in [5, 5.41) is 0. The second kappa shape index (κ2) is 4.44. The number of hydrogen-bond donors (Lipinski definition) is 0. The van der Waals surface area contributed by atoms with Crippen LogP contribution in [0.3, 0.4) is 0 Å². The quantitative estimate of drug-likeness (QED) is 0.764. The highest BCUT2D eigenvalue weighted by Gasteiger charge is 2.56. The summed E-state index contributed by atoms with van der Waals surface area (Å²) in [4.78, 5) is 0. The van der Waals surface area contributed by atoms with Gasteiger partial charge >= 0.3 is 0 Å². The van der Waals surface area contributed by atoms with Gasteiger partial charge in [0.1, 0.15) is 6.10 Å². The SMILES string of the molecule is CCC1[C@@H](C2CCC(C)(C)C2)O[C@@H]2OC(C)(C)O[C@H]12. The van der Waals surface area contributed by atoms with Gasteiger partial charge in [-0.2, -0.15) is 0 Å². The average Bonchev–Trinajstić information content (AvgIpc) is 2.87. The summed E-state index contributed by atoms with van der Waals surface area (Å²) in [5.74, 6) is 0.689. The van der Waals surface area contributed by atoms with Gasteiger partial charge in [-0.25, -0.2) is 0 Å². The highest BCUT2D eigenvalue weighted by molar-refractivity contribution is 4.98. The maximum absolute atomic E-state index is 6.25. The van der Waals surface area contributed by atoms with Crippen LogP contribution in [0.2, 0.25) is 0 Å². The summed E-state index contributed by atoms with van der Waals surface area (Å²) in [6.07, 6.45) is 5.31. The largest absolute Gasteiger partial charge is 0.346 e. The van der Waals surface area contributed by atoms with Gasteiger partial charge in [0.25, 0.3) is 0 Å². The lowest BCUT2D eigenvalue weighted by Crippen LogP contribution is -2.33. The van der Waals surface area contributed by atoms with E-state index in [-0.39, 0.29) is 12.4 Å². The first-order valence-corrected chi connectivity index (χ1v) is 7.82. The summed E-state index contributed by atoms with van der Waals surface area (Å²) < 4.78 is 18.2. The van der Waals surface area contributed by atoms with Gasteiger partial charge in [-0.15, -0.1) is 0 Å². The topological polar surface area (TPSA) is 27.7 Å². The van der Waals surface area contributed by atoms with Crippen LogP contribution in [-0.2, 0) is 14.2 Å². The molecule has 1 aliphatic carbocycles. The summed E-state index contributed by atoms with van der Waals surface area (Å²) >= 11 is 0. The second-order valence-electron chi connectivity index (χ2n) is 7.81. The monoisotopic (exact) mass is 268 g/mol. The predicted molar refractivity (Wildman–Crippen MR) is 73.6 cm³/mol. The molecule has 0 aromatic carbocycles. The molecule has 0 spiro atoms. The molecule has 2 heterocycles. The van der Waals surface area contributed by atoms with Crippen molar-refractivity contribution in [2.75, 3.05) is 0 Å². The Kier molecular flexibility index (Phi) is 3.23. The Bertz CT molecular complexity index is 350. The fourth-order valence-corrected chi connectivity index (χ4v) is 4.29. The predicted octanol–water partition coefficient (Wildman–Crippen LogP) is 3.72. The smallest absolute Gasteiger partial charge is 0.187 e. The minimum atomic E-state index is -0.483. The Hall–Kier alpha value is -0.120. The van der Waals surface area contributed by atoms with Crippen molar-refractivity contribution >= 4 is 0 Å². The van der Waals surface area contributed by atoms with E-state index in [9.17, 15) is 0 Å². The Morgan fingerprint density at radius 2 is 1.79 bits per heavy atom. The summed E-state index contributed by atoms with van der Waals surface area (Å²) in [7, 11) is 0. The van der Waals surface area contributed by atoms with Crippen molar-refractivity contribution < 1.29 is 14.2 Å². The molecule has 3 heteroatoms. The summed E-state index contributed by atoms with van der Waals surface area (Å²) in [6, 6.07) is 0. The standard InChI is InChI=1S/C16H28O3/c1-6-11-12(10-7-8-15(2,3)9-10)17-14-13(11)18-16(4,5)19-14/h10-14H,6-9H2,1-5H3/t10?,11?,12-,13-,14-/m1/s1. The van der Waals surface area contributed by atoms with Crippen molar-refractivity contribution in [1.29, 1.82) is 0 Å². The van der Waals surface area contributed by atoms with Crippen LogP contribution in [0, 0.1) is 17.3 Å². The molecule has 0 aromatic rings. The number of ether oxygens (including phenoxy) is 3. The fraction of sp³-hybridized carbons (Fsp3) is 1.00. The normalized spacial score (nSPS) is 47.5. The first-order chi connectivity index (χ1) is 8.81. The summed E-state index contributed by atoms with van der Waals surface area (Å²) in [5.41, 5.74) is 0.477. The van der Waals surface area contributed by atoms with E-state index in [0.29, 0.717) is 23.4 Å². The zero-order valence-electron chi connectivity index (χ0n) is 12.9. The molecule has 3 nitrogen and oxygen atoms in total. The van der Waals surface area contributed by atoms with Crippen LogP contribution in [-0.4, -0.2) is 24.3 Å². The van der Waals surface area contributed by atoms with Gasteiger partial charge in [0.15, 0.2) is 12.1 Å². The van der Waals surface area contributed by atoms with E-state index in [2.05, 4.69) is 20.8 Å². The van der Waals surface area contributed by atoms with Gasteiger partial charge in [0.2, 0.25) is 0 Å². The van der Waals surface area contributed by atoms with E-state index < -0.39 is 5.79 Å². The molecule has 2 aliphatic heterocycles. The zero-order chi connectivity index (χ0) is 13.8. The third kappa shape index (κ3) is 2.45. The number of fused-ring (bicyclic) bond motifs is 1. The van der Waals surface area contributed by atoms with Gasteiger partial charge in [-0.3, -0.25) is 0 Å². The molecule has 110 valence electrons. The van der Waals surface area contributed by atoms with Gasteiger partial charge in [-0.1, -0.05) is 20.8 Å². The van der Waals surface area contributed by atoms with E-state index in [1.165, 1.54) is 19.3 Å². The molecule has 2 saturated heterocycles. The molecular weight excluding hydrogens is 240 g/mol. The molecule has 3 aliphatic rings. The lowest BCUT2D eigenvalue weighted by Gasteiger charge is -2.29. The molecule has 3 rings (SSSR count). The fourth-order valence-electron chi connectivity index (χ4n) is 4.29. The molecule has 19 heavy (non-hydrogen) atoms. The van der Waals surface area contributed by atoms with Gasteiger partial charge in [0.05, 0.1) is 6.10 Å². The maximum Gasteiger partial charge on any atom is 0.187 e. The molecule has 2 unspecified atom stereocenters. The highest BCUT2D eigenvalue weighted by atomic mass is 16.8. The van der Waals surface area contributed by atoms with Crippen molar-refractivity contribution in [2.45, 2.75) is 84.6 Å². The van der Waals surface area contributed by atoms with E-state index in [4.69, 9.17) is 14.2 Å². The van der Waals surface area contributed by atoms with E-state index >= 15 is 0 Å². The van der Waals surface area contributed by atoms with Crippen LogP contribution in [0.1, 0.15) is 60.3 Å². The van der Waals surface area contributed by atoms with E-state index in [0.717, 1.165) is 6.42 Å². The lowest BCUT2D eigenvalue weighted by molar-refractivity contribution is -0.215. The van der Waals surface area contributed by atoms with Crippen molar-refractivity contribution in [2.24, 2.45) is 17.3 Å². The number of hydrogen-bond acceptors (Lipinski definition) is 3. The van der Waals surface area contributed by atoms with Crippen LogP contribution in [0.5, 0.6) is 0 Å². The number of rotatable bonds is 2. The van der Waals surface area contributed by atoms with Crippen LogP contribution >= 0.6 is 0 Å². The molecule has 0 bridgehead atoms. The summed E-state index contributed by atoms with van der Waals surface area (Å²) in [6.45, 7) is 11.0. The van der Waals surface area contributed by atoms with E-state index in [1.807, 2.05) is 13.8 Å². The van der Waals surface area contributed by atoms with Crippen molar-refractivity contribution in [1.82, 2.24) is 0 Å². The highest BCUT2D eigenvalue weighted by Crippen LogP contribution is 2.50. The van der Waals surface area contributed by atoms with Gasteiger partial charge in [-0.05, 0) is 50.9 Å². The van der Waals surface area contributed by atoms with Gasteiger partial charge < -0.3 is 14.2 Å². The van der Waals surface area contributed by atoms with Crippen LogP contribution in [0.15, 0.2) is 0 Å². The first-order valence-electron chi connectivity index (χ1n) is 7.82. The average molecular weight is 268 g/mol. The van der Waals surface area contributed by atoms with Crippen molar-refractivity contribution in [3.05, 3.63) is 0 Å². The molecule has 3 fully saturated rings. The molecule has 0 radical (unpaired) electrons. The Morgan fingerprint density at radius 1 is 1.05 bits per heavy atom. The van der Waals surface area contributed by atoms with Gasteiger partial charge in [0, 0.05) is 5.92 Å². The Balaban J connectivity index is 1.72. The minimum Gasteiger partial charge on any atom is -0.346 e. The third-order valence-corrected chi connectivity index (χ3v) is 5.17. The zero-order valence-corrected chi connectivity index (χ0v) is 12.9. The van der Waals surface area contributed by atoms with Crippen LogP contribution in [0.25, 0.3) is 0 Å². The molecule has 0 amide bonds. The lowest BCUT2D eigenvalue weighted by atomic mass is 9.83. The molecule has 5 atom stereocenters. The van der Waals surface area contributed by atoms with Crippen molar-refractivity contribution in [3.63, 3.8) is 0 Å².